The molecule has 0 spiro atoms. The van der Waals surface area contributed by atoms with Crippen LogP contribution in [0.5, 0.6) is 5.75 Å². The van der Waals surface area contributed by atoms with Crippen molar-refractivity contribution in [1.29, 1.82) is 21.2 Å². The van der Waals surface area contributed by atoms with Crippen LogP contribution < -0.4 is 4.74 Å². The molecule has 3 aliphatic rings. The first kappa shape index (κ1) is 17.3. The third kappa shape index (κ3) is 1.89. The normalized spacial score (nSPS) is 35.7. The van der Waals surface area contributed by atoms with E-state index in [1.807, 2.05) is 0 Å². The molecule has 7 heteroatoms. The molecule has 27 heavy (non-hydrogen) atoms. The van der Waals surface area contributed by atoms with Gasteiger partial charge >= 0.3 is 0 Å². The van der Waals surface area contributed by atoms with Crippen LogP contribution in [-0.2, 0) is 9.47 Å². The minimum absolute atomic E-state index is 0.323. The Morgan fingerprint density at radius 3 is 2.41 bits per heavy atom. The van der Waals surface area contributed by atoms with E-state index in [0.717, 1.165) is 12.8 Å². The van der Waals surface area contributed by atoms with Crippen LogP contribution in [0.25, 0.3) is 0 Å². The van der Waals surface area contributed by atoms with Crippen molar-refractivity contribution < 1.29 is 14.2 Å². The van der Waals surface area contributed by atoms with Crippen molar-refractivity contribution in [2.45, 2.75) is 37.6 Å². The number of nitrogens with zero attached hydrogens (tertiary/aromatic N) is 3. The van der Waals surface area contributed by atoms with Crippen LogP contribution in [0.15, 0.2) is 24.3 Å². The van der Waals surface area contributed by atoms with Gasteiger partial charge in [-0.2, -0.15) is 15.8 Å². The summed E-state index contributed by atoms with van der Waals surface area (Å²) in [6.45, 7) is 0. The van der Waals surface area contributed by atoms with Crippen LogP contribution in [0.2, 0.25) is 0 Å². The Morgan fingerprint density at radius 1 is 1.11 bits per heavy atom. The highest BCUT2D eigenvalue weighted by Gasteiger charge is 2.80. The molecule has 2 bridgehead atoms. The molecule has 3 fully saturated rings. The van der Waals surface area contributed by atoms with Crippen LogP contribution in [0, 0.1) is 56.2 Å². The number of hydrogen-bond donors (Lipinski definition) is 1. The third-order valence-electron chi connectivity index (χ3n) is 6.23. The summed E-state index contributed by atoms with van der Waals surface area (Å²) < 4.78 is 17.3. The van der Waals surface area contributed by atoms with Gasteiger partial charge in [0, 0.05) is 6.42 Å². The zero-order chi connectivity index (χ0) is 19.3. The Hall–Kier alpha value is -3.08. The molecule has 1 aromatic carbocycles. The van der Waals surface area contributed by atoms with Crippen molar-refractivity contribution in [3.8, 4) is 24.0 Å². The molecule has 136 valence electrons. The highest BCUT2D eigenvalue weighted by molar-refractivity contribution is 5.89. The van der Waals surface area contributed by atoms with E-state index in [-0.39, 0.29) is 5.90 Å². The number of methoxy groups -OCH3 is 1. The summed E-state index contributed by atoms with van der Waals surface area (Å²) in [7, 11) is 1.55. The molecule has 4 atom stereocenters. The van der Waals surface area contributed by atoms with Gasteiger partial charge in [-0.05, 0) is 30.5 Å². The second-order valence-electron chi connectivity index (χ2n) is 7.26. The van der Waals surface area contributed by atoms with Gasteiger partial charge in [-0.1, -0.05) is 18.6 Å². The zero-order valence-electron chi connectivity index (χ0n) is 14.9. The fourth-order valence-electron chi connectivity index (χ4n) is 4.94. The average Bonchev–Trinajstić information content (AvgIpc) is 2.92. The predicted octanol–water partition coefficient (Wildman–Crippen LogP) is 3.20. The smallest absolute Gasteiger partial charge is 0.217 e. The van der Waals surface area contributed by atoms with Gasteiger partial charge in [0.25, 0.3) is 0 Å². The van der Waals surface area contributed by atoms with E-state index >= 15 is 0 Å². The van der Waals surface area contributed by atoms with Crippen molar-refractivity contribution in [2.75, 3.05) is 7.11 Å². The Balaban J connectivity index is 1.95. The van der Waals surface area contributed by atoms with Gasteiger partial charge in [0.15, 0.2) is 5.41 Å². The van der Waals surface area contributed by atoms with Crippen LogP contribution in [0.1, 0.15) is 37.4 Å². The van der Waals surface area contributed by atoms with E-state index in [1.165, 1.54) is 0 Å². The molecule has 2 heterocycles. The van der Waals surface area contributed by atoms with Crippen LogP contribution in [0.3, 0.4) is 0 Å². The molecular weight excluding hydrogens is 344 g/mol. The number of rotatable bonds is 2. The molecule has 0 unspecified atom stereocenters. The summed E-state index contributed by atoms with van der Waals surface area (Å²) in [6, 6.07) is 13.2. The van der Waals surface area contributed by atoms with E-state index in [4.69, 9.17) is 19.6 Å². The third-order valence-corrected chi connectivity index (χ3v) is 6.23. The van der Waals surface area contributed by atoms with E-state index in [9.17, 15) is 15.8 Å². The van der Waals surface area contributed by atoms with Gasteiger partial charge in [0.1, 0.15) is 11.9 Å². The molecule has 0 aromatic heterocycles. The minimum atomic E-state index is -1.88. The summed E-state index contributed by atoms with van der Waals surface area (Å²) >= 11 is 0. The lowest BCUT2D eigenvalue weighted by molar-refractivity contribution is -0.294. The maximum Gasteiger partial charge on any atom is 0.217 e. The molecular formula is C20H18N4O3. The first-order valence-corrected chi connectivity index (χ1v) is 8.87. The first-order chi connectivity index (χ1) is 13.0. The van der Waals surface area contributed by atoms with Gasteiger partial charge in [0.05, 0.1) is 31.2 Å². The molecule has 7 nitrogen and oxygen atoms in total. The lowest BCUT2D eigenvalue weighted by Gasteiger charge is -2.51. The van der Waals surface area contributed by atoms with E-state index < -0.39 is 28.6 Å². The number of nitriles is 3. The van der Waals surface area contributed by atoms with Gasteiger partial charge in [-0.3, -0.25) is 5.41 Å². The molecule has 0 radical (unpaired) electrons. The summed E-state index contributed by atoms with van der Waals surface area (Å²) in [5.74, 6) is -1.34. The van der Waals surface area contributed by atoms with Crippen molar-refractivity contribution in [1.82, 2.24) is 0 Å². The first-order valence-electron chi connectivity index (χ1n) is 8.87. The molecule has 1 aromatic rings. The molecule has 1 aliphatic carbocycles. The number of ether oxygens (including phenoxy) is 3. The molecule has 1 N–H and O–H groups in total. The van der Waals surface area contributed by atoms with Gasteiger partial charge in [-0.15, -0.1) is 0 Å². The van der Waals surface area contributed by atoms with Gasteiger partial charge < -0.3 is 14.2 Å². The topological polar surface area (TPSA) is 123 Å². The van der Waals surface area contributed by atoms with Crippen molar-refractivity contribution in [3.63, 3.8) is 0 Å². The summed E-state index contributed by atoms with van der Waals surface area (Å²) in [5.41, 5.74) is -2.95. The summed E-state index contributed by atoms with van der Waals surface area (Å²) in [6.07, 6.45) is 1.79. The number of nitrogens with one attached hydrogen (secondary N) is 1. The number of hydrogen-bond acceptors (Lipinski definition) is 7. The van der Waals surface area contributed by atoms with Gasteiger partial charge in [0.2, 0.25) is 17.1 Å². The van der Waals surface area contributed by atoms with E-state index in [0.29, 0.717) is 24.2 Å². The zero-order valence-corrected chi connectivity index (χ0v) is 14.9. The van der Waals surface area contributed by atoms with Gasteiger partial charge in [-0.25, -0.2) is 0 Å². The second kappa shape index (κ2) is 5.71. The van der Waals surface area contributed by atoms with E-state index in [2.05, 4.69) is 18.2 Å². The SMILES string of the molecule is COc1ccc([C@H]2O[C@@]34CCCC[C@@H]3[C@@](C#N)(C(=N)O4)C2(C#N)C#N)cc1. The summed E-state index contributed by atoms with van der Waals surface area (Å²) in [5, 5.41) is 38.8. The van der Waals surface area contributed by atoms with Crippen molar-refractivity contribution in [2.24, 2.45) is 16.7 Å². The fraction of sp³-hybridized carbons (Fsp3) is 0.500. The molecule has 0 amide bonds. The minimum Gasteiger partial charge on any atom is -0.497 e. The molecule has 2 aliphatic heterocycles. The van der Waals surface area contributed by atoms with Crippen LogP contribution in [0.4, 0.5) is 0 Å². The predicted molar refractivity (Wildman–Crippen MR) is 92.0 cm³/mol. The van der Waals surface area contributed by atoms with E-state index in [1.54, 1.807) is 31.4 Å². The molecule has 4 rings (SSSR count). The van der Waals surface area contributed by atoms with Crippen LogP contribution >= 0.6 is 0 Å². The Bertz CT molecular complexity index is 909. The van der Waals surface area contributed by atoms with Crippen LogP contribution in [-0.4, -0.2) is 18.8 Å². The maximum absolute atomic E-state index is 10.2. The highest BCUT2D eigenvalue weighted by atomic mass is 16.7. The molecule has 2 saturated heterocycles. The standard InChI is InChI=1S/C20H18N4O3/c1-25-14-7-5-13(6-8-14)16-18(10-21,11-22)19(12-23)15-4-2-3-9-20(15,26-16)27-17(19)24/h5-8,15-16,24H,2-4,9H2,1H3/t15-,16-,19+,20-/m1/s1. The Kier molecular flexibility index (Phi) is 3.67. The lowest BCUT2D eigenvalue weighted by atomic mass is 9.51. The number of benzene rings is 1. The maximum atomic E-state index is 10.2. The largest absolute Gasteiger partial charge is 0.497 e. The lowest BCUT2D eigenvalue weighted by Crippen LogP contribution is -2.60. The second-order valence-corrected chi connectivity index (χ2v) is 7.26. The Morgan fingerprint density at radius 2 is 1.81 bits per heavy atom. The molecule has 1 saturated carbocycles. The fourth-order valence-corrected chi connectivity index (χ4v) is 4.94. The quantitative estimate of drug-likeness (QED) is 0.861. The van der Waals surface area contributed by atoms with Crippen molar-refractivity contribution >= 4 is 5.90 Å². The monoisotopic (exact) mass is 362 g/mol. The highest BCUT2D eigenvalue weighted by Crippen LogP contribution is 2.69. The summed E-state index contributed by atoms with van der Waals surface area (Å²) in [4.78, 5) is 0. The average molecular weight is 362 g/mol. The van der Waals surface area contributed by atoms with Crippen molar-refractivity contribution in [3.05, 3.63) is 29.8 Å². The Labute approximate surface area is 157 Å².